The molecular formula is C20H30O6. The summed E-state index contributed by atoms with van der Waals surface area (Å²) in [7, 11) is 0. The van der Waals surface area contributed by atoms with Crippen LogP contribution >= 0.6 is 0 Å². The van der Waals surface area contributed by atoms with Crippen LogP contribution < -0.4 is 0 Å². The van der Waals surface area contributed by atoms with Crippen LogP contribution in [-0.2, 0) is 30.5 Å². The van der Waals surface area contributed by atoms with Crippen LogP contribution in [0.15, 0.2) is 24.3 Å². The summed E-state index contributed by atoms with van der Waals surface area (Å²) in [6.07, 6.45) is 0. The van der Waals surface area contributed by atoms with E-state index in [-0.39, 0.29) is 24.0 Å². The van der Waals surface area contributed by atoms with Crippen molar-refractivity contribution in [3.63, 3.8) is 0 Å². The summed E-state index contributed by atoms with van der Waals surface area (Å²) in [6.45, 7) is 9.46. The van der Waals surface area contributed by atoms with E-state index in [2.05, 4.69) is 0 Å². The number of benzene rings is 1. The van der Waals surface area contributed by atoms with Gasteiger partial charge in [-0.2, -0.15) is 0 Å². The van der Waals surface area contributed by atoms with Crippen molar-refractivity contribution in [1.82, 2.24) is 0 Å². The number of aliphatic hydroxyl groups is 2. The minimum absolute atomic E-state index is 0.0296. The van der Waals surface area contributed by atoms with Crippen LogP contribution in [0.5, 0.6) is 0 Å². The van der Waals surface area contributed by atoms with Gasteiger partial charge in [0, 0.05) is 22.0 Å². The van der Waals surface area contributed by atoms with Crippen LogP contribution in [0.3, 0.4) is 0 Å². The largest absolute Gasteiger partial charge is 0.396 e. The fourth-order valence-corrected chi connectivity index (χ4v) is 3.01. The molecule has 2 aliphatic rings. The lowest BCUT2D eigenvalue weighted by Gasteiger charge is -2.43. The van der Waals surface area contributed by atoms with Gasteiger partial charge in [-0.25, -0.2) is 0 Å². The number of hydrogen-bond donors (Lipinski definition) is 2. The van der Waals surface area contributed by atoms with Gasteiger partial charge in [-0.05, 0) is 13.8 Å². The molecule has 3 rings (SSSR count). The Labute approximate surface area is 155 Å². The Bertz CT molecular complexity index is 555. The van der Waals surface area contributed by atoms with Crippen molar-refractivity contribution in [3.8, 4) is 0 Å². The summed E-state index contributed by atoms with van der Waals surface area (Å²) < 4.78 is 23.8. The van der Waals surface area contributed by atoms with Crippen molar-refractivity contribution in [1.29, 1.82) is 0 Å². The molecule has 0 unspecified atom stereocenters. The number of aliphatic hydroxyl groups excluding tert-OH is 2. The standard InChI is InChI=1S/C20H30O6/c1-17(9-21)11-23-19(3,24-12-17)15-5-7-16(8-6-15)20(4)25-13-18(2,10-22)14-26-20/h5-8,21-22H,9-14H2,1-4H3. The second-order valence-electron chi connectivity index (χ2n) is 8.56. The molecule has 6 heteroatoms. The highest BCUT2D eigenvalue weighted by atomic mass is 16.7. The highest BCUT2D eigenvalue weighted by Gasteiger charge is 2.42. The molecule has 6 nitrogen and oxygen atoms in total. The van der Waals surface area contributed by atoms with E-state index in [1.807, 2.05) is 52.0 Å². The third-order valence-electron chi connectivity index (χ3n) is 5.48. The Balaban J connectivity index is 1.71. The van der Waals surface area contributed by atoms with E-state index in [0.717, 1.165) is 11.1 Å². The normalized spacial score (nSPS) is 41.2. The smallest absolute Gasteiger partial charge is 0.191 e. The molecule has 1 aromatic rings. The fraction of sp³-hybridized carbons (Fsp3) is 0.700. The van der Waals surface area contributed by atoms with Gasteiger partial charge in [0.05, 0.1) is 39.6 Å². The Morgan fingerprint density at radius 1 is 0.654 bits per heavy atom. The summed E-state index contributed by atoms with van der Waals surface area (Å²) in [6, 6.07) is 7.81. The lowest BCUT2D eigenvalue weighted by Crippen LogP contribution is -2.47. The summed E-state index contributed by atoms with van der Waals surface area (Å²) in [5.74, 6) is -1.67. The zero-order chi connectivity index (χ0) is 19.1. The monoisotopic (exact) mass is 366 g/mol. The average Bonchev–Trinajstić information content (AvgIpc) is 2.67. The predicted molar refractivity (Wildman–Crippen MR) is 95.3 cm³/mol. The first-order valence-electron chi connectivity index (χ1n) is 9.05. The molecule has 0 amide bonds. The van der Waals surface area contributed by atoms with Gasteiger partial charge >= 0.3 is 0 Å². The Morgan fingerprint density at radius 3 is 1.15 bits per heavy atom. The molecule has 1 aromatic carbocycles. The highest BCUT2D eigenvalue weighted by molar-refractivity contribution is 5.28. The number of rotatable bonds is 4. The second kappa shape index (κ2) is 6.86. The molecule has 0 atom stereocenters. The first kappa shape index (κ1) is 19.7. The van der Waals surface area contributed by atoms with E-state index in [4.69, 9.17) is 18.9 Å². The molecule has 0 aromatic heterocycles. The molecular weight excluding hydrogens is 336 g/mol. The second-order valence-corrected chi connectivity index (χ2v) is 8.56. The molecule has 0 spiro atoms. The van der Waals surface area contributed by atoms with E-state index >= 15 is 0 Å². The van der Waals surface area contributed by atoms with Crippen molar-refractivity contribution in [2.24, 2.45) is 10.8 Å². The van der Waals surface area contributed by atoms with Crippen molar-refractivity contribution in [2.45, 2.75) is 39.3 Å². The molecule has 0 aliphatic carbocycles. The Hall–Kier alpha value is -1.02. The predicted octanol–water partition coefficient (Wildman–Crippen LogP) is 2.12. The Kier molecular flexibility index (Phi) is 5.20. The molecule has 0 saturated carbocycles. The zero-order valence-corrected chi connectivity index (χ0v) is 16.1. The lowest BCUT2D eigenvalue weighted by atomic mass is 9.91. The van der Waals surface area contributed by atoms with Gasteiger partial charge in [0.25, 0.3) is 0 Å². The van der Waals surface area contributed by atoms with Gasteiger partial charge < -0.3 is 29.2 Å². The molecule has 0 bridgehead atoms. The van der Waals surface area contributed by atoms with E-state index < -0.39 is 11.6 Å². The molecule has 2 saturated heterocycles. The van der Waals surface area contributed by atoms with Crippen LogP contribution in [0.25, 0.3) is 0 Å². The maximum absolute atomic E-state index is 9.45. The maximum Gasteiger partial charge on any atom is 0.191 e. The molecule has 0 radical (unpaired) electrons. The topological polar surface area (TPSA) is 77.4 Å². The lowest BCUT2D eigenvalue weighted by molar-refractivity contribution is -0.306. The van der Waals surface area contributed by atoms with Crippen molar-refractivity contribution < 1.29 is 29.2 Å². The van der Waals surface area contributed by atoms with Crippen LogP contribution in [-0.4, -0.2) is 49.9 Å². The van der Waals surface area contributed by atoms with E-state index in [0.29, 0.717) is 26.4 Å². The first-order valence-corrected chi connectivity index (χ1v) is 9.05. The minimum Gasteiger partial charge on any atom is -0.396 e. The third-order valence-corrected chi connectivity index (χ3v) is 5.48. The summed E-state index contributed by atoms with van der Waals surface area (Å²) in [5, 5.41) is 18.9. The first-order chi connectivity index (χ1) is 12.2. The van der Waals surface area contributed by atoms with Crippen molar-refractivity contribution in [3.05, 3.63) is 35.4 Å². The summed E-state index contributed by atoms with van der Waals surface area (Å²) >= 11 is 0. The van der Waals surface area contributed by atoms with Crippen molar-refractivity contribution >= 4 is 0 Å². The average molecular weight is 366 g/mol. The third kappa shape index (κ3) is 3.67. The SMILES string of the molecule is CC1(CO)COC(C)(c2ccc(C3(C)OCC(C)(CO)CO3)cc2)OC1. The molecule has 2 aliphatic heterocycles. The molecule has 2 fully saturated rings. The fourth-order valence-electron chi connectivity index (χ4n) is 3.01. The van der Waals surface area contributed by atoms with Gasteiger partial charge in [-0.15, -0.1) is 0 Å². The maximum atomic E-state index is 9.45. The van der Waals surface area contributed by atoms with Crippen LogP contribution in [0, 0.1) is 10.8 Å². The number of ether oxygens (including phenoxy) is 4. The Morgan fingerprint density at radius 2 is 0.923 bits per heavy atom. The van der Waals surface area contributed by atoms with E-state index in [1.165, 1.54) is 0 Å². The quantitative estimate of drug-likeness (QED) is 0.850. The number of hydrogen-bond acceptors (Lipinski definition) is 6. The van der Waals surface area contributed by atoms with Crippen LogP contribution in [0.2, 0.25) is 0 Å². The molecule has 26 heavy (non-hydrogen) atoms. The van der Waals surface area contributed by atoms with Gasteiger partial charge in [-0.1, -0.05) is 38.1 Å². The highest BCUT2D eigenvalue weighted by Crippen LogP contribution is 2.39. The summed E-state index contributed by atoms with van der Waals surface area (Å²) in [5.41, 5.74) is 1.08. The van der Waals surface area contributed by atoms with Gasteiger partial charge in [0.2, 0.25) is 0 Å². The molecule has 146 valence electrons. The van der Waals surface area contributed by atoms with E-state index in [9.17, 15) is 10.2 Å². The zero-order valence-electron chi connectivity index (χ0n) is 16.1. The van der Waals surface area contributed by atoms with Gasteiger partial charge in [0.15, 0.2) is 11.6 Å². The molecule has 2 N–H and O–H groups in total. The van der Waals surface area contributed by atoms with Gasteiger partial charge in [0.1, 0.15) is 0 Å². The van der Waals surface area contributed by atoms with Gasteiger partial charge in [-0.3, -0.25) is 0 Å². The van der Waals surface area contributed by atoms with Crippen LogP contribution in [0.4, 0.5) is 0 Å². The molecule has 2 heterocycles. The van der Waals surface area contributed by atoms with Crippen molar-refractivity contribution in [2.75, 3.05) is 39.6 Å². The summed E-state index contributed by atoms with van der Waals surface area (Å²) in [4.78, 5) is 0. The van der Waals surface area contributed by atoms with E-state index in [1.54, 1.807) is 0 Å². The van der Waals surface area contributed by atoms with Crippen LogP contribution in [0.1, 0.15) is 38.8 Å². The minimum atomic E-state index is -0.835.